The molecular formula is C10H11NO2. The number of amides is 1. The second-order valence-electron chi connectivity index (χ2n) is 2.57. The summed E-state index contributed by atoms with van der Waals surface area (Å²) in [6, 6.07) is 6.84. The van der Waals surface area contributed by atoms with Crippen molar-refractivity contribution in [3.63, 3.8) is 0 Å². The Morgan fingerprint density at radius 2 is 2.00 bits per heavy atom. The van der Waals surface area contributed by atoms with Gasteiger partial charge in [-0.15, -0.1) is 0 Å². The Morgan fingerprint density at radius 3 is 2.46 bits per heavy atom. The lowest BCUT2D eigenvalue weighted by Gasteiger charge is -1.95. The molecular weight excluding hydrogens is 166 g/mol. The molecule has 0 aliphatic carbocycles. The third-order valence-corrected chi connectivity index (χ3v) is 1.61. The summed E-state index contributed by atoms with van der Waals surface area (Å²) in [6.07, 6.45) is 3.39. The van der Waals surface area contributed by atoms with Crippen LogP contribution in [0.5, 0.6) is 0 Å². The van der Waals surface area contributed by atoms with Crippen molar-refractivity contribution in [2.45, 2.75) is 0 Å². The SMILES string of the molecule is NC(=O)c1ccc(C=CCO)cc1. The van der Waals surface area contributed by atoms with E-state index in [1.165, 1.54) is 0 Å². The van der Waals surface area contributed by atoms with Crippen LogP contribution >= 0.6 is 0 Å². The first-order valence-electron chi connectivity index (χ1n) is 3.91. The molecule has 0 heterocycles. The Hall–Kier alpha value is -1.61. The van der Waals surface area contributed by atoms with Crippen LogP contribution in [0.2, 0.25) is 0 Å². The van der Waals surface area contributed by atoms with E-state index < -0.39 is 5.91 Å². The number of rotatable bonds is 3. The van der Waals surface area contributed by atoms with Gasteiger partial charge >= 0.3 is 0 Å². The molecule has 3 nitrogen and oxygen atoms in total. The lowest BCUT2D eigenvalue weighted by molar-refractivity contribution is 0.100. The van der Waals surface area contributed by atoms with Gasteiger partial charge in [0, 0.05) is 5.56 Å². The highest BCUT2D eigenvalue weighted by Gasteiger charge is 1.97. The number of hydrogen-bond acceptors (Lipinski definition) is 2. The Balaban J connectivity index is 2.81. The highest BCUT2D eigenvalue weighted by atomic mass is 16.2. The largest absolute Gasteiger partial charge is 0.392 e. The highest BCUT2D eigenvalue weighted by molar-refractivity contribution is 5.92. The molecule has 1 amide bonds. The third kappa shape index (κ3) is 2.72. The normalized spacial score (nSPS) is 10.5. The van der Waals surface area contributed by atoms with Crippen LogP contribution in [0.15, 0.2) is 30.3 Å². The highest BCUT2D eigenvalue weighted by Crippen LogP contribution is 2.05. The van der Waals surface area contributed by atoms with Gasteiger partial charge in [-0.1, -0.05) is 24.3 Å². The first kappa shape index (κ1) is 9.48. The van der Waals surface area contributed by atoms with E-state index in [0.717, 1.165) is 5.56 Å². The van der Waals surface area contributed by atoms with E-state index in [1.54, 1.807) is 36.4 Å². The average molecular weight is 177 g/mol. The molecule has 0 fully saturated rings. The number of primary amides is 1. The summed E-state index contributed by atoms with van der Waals surface area (Å²) in [4.78, 5) is 10.7. The van der Waals surface area contributed by atoms with Gasteiger partial charge in [0.05, 0.1) is 6.61 Å². The topological polar surface area (TPSA) is 63.3 Å². The van der Waals surface area contributed by atoms with E-state index in [0.29, 0.717) is 5.56 Å². The van der Waals surface area contributed by atoms with Gasteiger partial charge in [0.25, 0.3) is 0 Å². The third-order valence-electron chi connectivity index (χ3n) is 1.61. The van der Waals surface area contributed by atoms with Crippen LogP contribution in [0, 0.1) is 0 Å². The zero-order chi connectivity index (χ0) is 9.68. The Labute approximate surface area is 76.5 Å². The number of hydrogen-bond donors (Lipinski definition) is 2. The average Bonchev–Trinajstić information content (AvgIpc) is 2.15. The predicted octanol–water partition coefficient (Wildman–Crippen LogP) is 0.791. The maximum Gasteiger partial charge on any atom is 0.248 e. The lowest BCUT2D eigenvalue weighted by Crippen LogP contribution is -2.10. The second kappa shape index (κ2) is 4.42. The number of nitrogens with two attached hydrogens (primary N) is 1. The molecule has 13 heavy (non-hydrogen) atoms. The minimum atomic E-state index is -0.433. The van der Waals surface area contributed by atoms with Crippen molar-refractivity contribution in [3.05, 3.63) is 41.5 Å². The van der Waals surface area contributed by atoms with Crippen molar-refractivity contribution in [2.75, 3.05) is 6.61 Å². The second-order valence-corrected chi connectivity index (χ2v) is 2.57. The summed E-state index contributed by atoms with van der Waals surface area (Å²) < 4.78 is 0. The molecule has 1 rings (SSSR count). The fraction of sp³-hybridized carbons (Fsp3) is 0.100. The number of carbonyl (C=O) groups excluding carboxylic acids is 1. The smallest absolute Gasteiger partial charge is 0.248 e. The van der Waals surface area contributed by atoms with E-state index in [1.807, 2.05) is 0 Å². The van der Waals surface area contributed by atoms with Crippen LogP contribution in [0.4, 0.5) is 0 Å². The maximum atomic E-state index is 10.7. The molecule has 0 aromatic heterocycles. The molecule has 0 atom stereocenters. The van der Waals surface area contributed by atoms with Crippen molar-refractivity contribution in [1.82, 2.24) is 0 Å². The van der Waals surface area contributed by atoms with Crippen molar-refractivity contribution in [2.24, 2.45) is 5.73 Å². The van der Waals surface area contributed by atoms with Crippen LogP contribution < -0.4 is 5.73 Å². The summed E-state index contributed by atoms with van der Waals surface area (Å²) in [5.74, 6) is -0.433. The minimum absolute atomic E-state index is 0.0115. The molecule has 68 valence electrons. The lowest BCUT2D eigenvalue weighted by atomic mass is 10.1. The molecule has 0 saturated carbocycles. The first-order valence-corrected chi connectivity index (χ1v) is 3.91. The van der Waals surface area contributed by atoms with Crippen LogP contribution in [-0.4, -0.2) is 17.6 Å². The standard InChI is InChI=1S/C10H11NO2/c11-10(13)9-5-3-8(4-6-9)2-1-7-12/h1-6,12H,7H2,(H2,11,13). The first-order chi connectivity index (χ1) is 6.24. The fourth-order valence-corrected chi connectivity index (χ4v) is 0.947. The molecule has 1 aromatic carbocycles. The van der Waals surface area contributed by atoms with Gasteiger partial charge in [-0.25, -0.2) is 0 Å². The van der Waals surface area contributed by atoms with Gasteiger partial charge in [0.2, 0.25) is 5.91 Å². The van der Waals surface area contributed by atoms with Gasteiger partial charge < -0.3 is 10.8 Å². The van der Waals surface area contributed by atoms with Gasteiger partial charge in [0.1, 0.15) is 0 Å². The van der Waals surface area contributed by atoms with Crippen LogP contribution in [0.25, 0.3) is 6.08 Å². The summed E-state index contributed by atoms with van der Waals surface area (Å²) >= 11 is 0. The number of aliphatic hydroxyl groups excluding tert-OH is 1. The van der Waals surface area contributed by atoms with E-state index in [9.17, 15) is 4.79 Å². The maximum absolute atomic E-state index is 10.7. The molecule has 0 radical (unpaired) electrons. The molecule has 0 aliphatic heterocycles. The molecule has 0 aliphatic rings. The quantitative estimate of drug-likeness (QED) is 0.717. The van der Waals surface area contributed by atoms with E-state index in [-0.39, 0.29) is 6.61 Å². The summed E-state index contributed by atoms with van der Waals surface area (Å²) in [5, 5.41) is 8.51. The monoisotopic (exact) mass is 177 g/mol. The van der Waals surface area contributed by atoms with E-state index >= 15 is 0 Å². The van der Waals surface area contributed by atoms with Gasteiger partial charge in [-0.3, -0.25) is 4.79 Å². The minimum Gasteiger partial charge on any atom is -0.392 e. The predicted molar refractivity (Wildman–Crippen MR) is 51.1 cm³/mol. The van der Waals surface area contributed by atoms with Crippen molar-refractivity contribution < 1.29 is 9.90 Å². The van der Waals surface area contributed by atoms with Crippen molar-refractivity contribution >= 4 is 12.0 Å². The van der Waals surface area contributed by atoms with Gasteiger partial charge in [-0.05, 0) is 17.7 Å². The Kier molecular flexibility index (Phi) is 3.23. The van der Waals surface area contributed by atoms with E-state index in [2.05, 4.69) is 0 Å². The fourth-order valence-electron chi connectivity index (χ4n) is 0.947. The van der Waals surface area contributed by atoms with Gasteiger partial charge in [0.15, 0.2) is 0 Å². The van der Waals surface area contributed by atoms with Crippen molar-refractivity contribution in [3.8, 4) is 0 Å². The zero-order valence-corrected chi connectivity index (χ0v) is 7.10. The molecule has 1 aromatic rings. The Morgan fingerprint density at radius 1 is 1.38 bits per heavy atom. The summed E-state index contributed by atoms with van der Waals surface area (Å²) in [7, 11) is 0. The zero-order valence-electron chi connectivity index (χ0n) is 7.10. The number of aliphatic hydroxyl groups is 1. The van der Waals surface area contributed by atoms with E-state index in [4.69, 9.17) is 10.8 Å². The van der Waals surface area contributed by atoms with Crippen molar-refractivity contribution in [1.29, 1.82) is 0 Å². The molecule has 3 N–H and O–H groups in total. The number of carbonyl (C=O) groups is 1. The molecule has 0 unspecified atom stereocenters. The molecule has 3 heteroatoms. The van der Waals surface area contributed by atoms with Crippen LogP contribution in [0.1, 0.15) is 15.9 Å². The molecule has 0 spiro atoms. The molecule has 0 saturated heterocycles. The summed E-state index contributed by atoms with van der Waals surface area (Å²) in [6.45, 7) is 0.0115. The van der Waals surface area contributed by atoms with Crippen LogP contribution in [0.3, 0.4) is 0 Å². The Bertz CT molecular complexity index is 314. The summed E-state index contributed by atoms with van der Waals surface area (Å²) in [5.41, 5.74) is 6.48. The molecule has 0 bridgehead atoms. The number of benzene rings is 1. The van der Waals surface area contributed by atoms with Gasteiger partial charge in [-0.2, -0.15) is 0 Å². The van der Waals surface area contributed by atoms with Crippen LogP contribution in [-0.2, 0) is 0 Å².